The van der Waals surface area contributed by atoms with E-state index in [9.17, 15) is 14.4 Å². The summed E-state index contributed by atoms with van der Waals surface area (Å²) in [5, 5.41) is 0. The minimum absolute atomic E-state index is 0.0000454. The van der Waals surface area contributed by atoms with Gasteiger partial charge in [-0.2, -0.15) is 0 Å². The minimum Gasteiger partial charge on any atom is -0.496 e. The normalized spacial score (nSPS) is 13.1. The van der Waals surface area contributed by atoms with Gasteiger partial charge in [0.25, 0.3) is 0 Å². The molecule has 0 radical (unpaired) electrons. The smallest absolute Gasteiger partial charge is 0.341 e. The maximum Gasteiger partial charge on any atom is 0.341 e. The number of aromatic nitrogens is 2. The van der Waals surface area contributed by atoms with Crippen LogP contribution in [0.3, 0.4) is 0 Å². The summed E-state index contributed by atoms with van der Waals surface area (Å²) in [6, 6.07) is 17.3. The first-order valence-electron chi connectivity index (χ1n) is 16.4. The Kier molecular flexibility index (Phi) is 11.5. The predicted octanol–water partition coefficient (Wildman–Crippen LogP) is 6.44. The Morgan fingerprint density at radius 2 is 1.58 bits per heavy atom. The second-order valence-corrected chi connectivity index (χ2v) is 13.4. The summed E-state index contributed by atoms with van der Waals surface area (Å²) < 4.78 is 16.3. The van der Waals surface area contributed by atoms with Crippen molar-refractivity contribution in [3.8, 4) is 17.0 Å². The number of carbonyl (C=O) groups is 4. The first-order chi connectivity index (χ1) is 23.6. The van der Waals surface area contributed by atoms with Crippen LogP contribution in [0.2, 0.25) is 0 Å². The highest BCUT2D eigenvalue weighted by Gasteiger charge is 2.42. The van der Waals surface area contributed by atoms with E-state index in [-0.39, 0.29) is 12.1 Å². The molecule has 0 saturated carbocycles. The molecule has 3 aromatic carbocycles. The molecule has 264 valence electrons. The molecule has 3 N–H and O–H groups in total. The summed E-state index contributed by atoms with van der Waals surface area (Å²) in [7, 11) is 2.73. The number of methoxy groups -OCH3 is 2. The predicted molar refractivity (Wildman–Crippen MR) is 190 cm³/mol. The van der Waals surface area contributed by atoms with E-state index in [1.165, 1.54) is 14.2 Å². The topological polar surface area (TPSA) is 154 Å². The largest absolute Gasteiger partial charge is 0.496 e. The molecular formula is C39H46N4O7. The van der Waals surface area contributed by atoms with Crippen molar-refractivity contribution in [1.82, 2.24) is 14.9 Å². The van der Waals surface area contributed by atoms with Crippen LogP contribution in [0.25, 0.3) is 11.3 Å². The fourth-order valence-electron chi connectivity index (χ4n) is 6.25. The lowest BCUT2D eigenvalue weighted by atomic mass is 9.81. The average molecular weight is 683 g/mol. The van der Waals surface area contributed by atoms with Crippen molar-refractivity contribution < 1.29 is 33.4 Å². The highest BCUT2D eigenvalue weighted by Crippen LogP contribution is 2.36. The average Bonchev–Trinajstić information content (AvgIpc) is 3.56. The van der Waals surface area contributed by atoms with Crippen LogP contribution < -0.4 is 10.5 Å². The number of imidazole rings is 1. The number of hydrogen-bond donors (Lipinski definition) is 2. The van der Waals surface area contributed by atoms with E-state index >= 15 is 4.79 Å². The van der Waals surface area contributed by atoms with E-state index in [2.05, 4.69) is 9.97 Å². The Bertz CT molecular complexity index is 1850. The Morgan fingerprint density at radius 1 is 0.940 bits per heavy atom. The summed E-state index contributed by atoms with van der Waals surface area (Å²) in [4.78, 5) is 63.5. The Morgan fingerprint density at radius 3 is 2.14 bits per heavy atom. The zero-order valence-corrected chi connectivity index (χ0v) is 30.1. The first kappa shape index (κ1) is 37.4. The van der Waals surface area contributed by atoms with Gasteiger partial charge in [-0.05, 0) is 93.6 Å². The molecule has 0 aliphatic heterocycles. The van der Waals surface area contributed by atoms with Crippen molar-refractivity contribution in [2.24, 2.45) is 11.7 Å². The molecule has 0 bridgehead atoms. The van der Waals surface area contributed by atoms with E-state index in [1.807, 2.05) is 51.1 Å². The van der Waals surface area contributed by atoms with Crippen molar-refractivity contribution in [1.29, 1.82) is 0 Å². The molecule has 1 aromatic heterocycles. The van der Waals surface area contributed by atoms with Crippen molar-refractivity contribution >= 4 is 23.8 Å². The third-order valence-corrected chi connectivity index (χ3v) is 8.61. The molecule has 11 nitrogen and oxygen atoms in total. The lowest BCUT2D eigenvalue weighted by Gasteiger charge is -2.35. The number of carbonyl (C=O) groups excluding carboxylic acids is 4. The van der Waals surface area contributed by atoms with E-state index in [4.69, 9.17) is 19.9 Å². The van der Waals surface area contributed by atoms with Crippen LogP contribution in [0.1, 0.15) is 95.4 Å². The zero-order valence-electron chi connectivity index (χ0n) is 30.1. The highest BCUT2D eigenvalue weighted by molar-refractivity contribution is 5.99. The molecule has 0 aliphatic carbocycles. The number of primary amides is 1. The number of aryl methyl sites for hydroxylation is 2. The molecule has 2 amide bonds. The molecule has 0 aliphatic rings. The third kappa shape index (κ3) is 8.39. The van der Waals surface area contributed by atoms with E-state index in [1.54, 1.807) is 69.1 Å². The molecule has 0 spiro atoms. The summed E-state index contributed by atoms with van der Waals surface area (Å²) >= 11 is 0. The Labute approximate surface area is 293 Å². The molecule has 3 unspecified atom stereocenters. The molecular weight excluding hydrogens is 636 g/mol. The Hall–Kier alpha value is -5.45. The number of H-pyrrole nitrogens is 1. The fraction of sp³-hybridized carbons (Fsp3) is 0.359. The molecule has 4 rings (SSSR count). The molecule has 1 heterocycles. The van der Waals surface area contributed by atoms with Crippen LogP contribution >= 0.6 is 0 Å². The van der Waals surface area contributed by atoms with Gasteiger partial charge < -0.3 is 29.8 Å². The number of aromatic amines is 1. The number of esters is 2. The SMILES string of the molecule is COC(=O)c1cc(CN(C(=O)C(C(=O)OC(C)(C)C)C(C)c2c(C)cc(C(N)=O)cc2C)C(C)c2ncc(-c3ccccc3)[nH]2)ccc1OC. The van der Waals surface area contributed by atoms with Gasteiger partial charge in [-0.15, -0.1) is 0 Å². The number of nitrogens with two attached hydrogens (primary N) is 1. The van der Waals surface area contributed by atoms with Gasteiger partial charge in [0.2, 0.25) is 11.8 Å². The van der Waals surface area contributed by atoms with Crippen LogP contribution in [-0.4, -0.2) is 58.4 Å². The minimum atomic E-state index is -1.30. The monoisotopic (exact) mass is 682 g/mol. The van der Waals surface area contributed by atoms with Crippen molar-refractivity contribution in [3.63, 3.8) is 0 Å². The zero-order chi connectivity index (χ0) is 36.9. The van der Waals surface area contributed by atoms with Gasteiger partial charge in [0, 0.05) is 18.0 Å². The summed E-state index contributed by atoms with van der Waals surface area (Å²) in [5.41, 5.74) is 9.64. The molecule has 4 aromatic rings. The molecule has 11 heteroatoms. The standard InChI is InChI=1S/C39H46N4O7/c1-22-17-28(34(40)44)18-23(2)32(22)24(3)33(38(47)50-39(5,6)7)36(45)43(21-26-15-16-31(48-8)29(19-26)37(46)49-9)25(4)35-41-20-30(42-35)27-13-11-10-12-14-27/h10-20,24-25,33H,21H2,1-9H3,(H2,40,44)(H,41,42). The van der Waals surface area contributed by atoms with Gasteiger partial charge in [0.1, 0.15) is 28.7 Å². The second-order valence-electron chi connectivity index (χ2n) is 13.4. The van der Waals surface area contributed by atoms with Crippen LogP contribution in [0.15, 0.2) is 66.9 Å². The van der Waals surface area contributed by atoms with Crippen molar-refractivity contribution in [2.75, 3.05) is 14.2 Å². The highest BCUT2D eigenvalue weighted by atomic mass is 16.6. The molecule has 3 atom stereocenters. The van der Waals surface area contributed by atoms with Crippen LogP contribution in [-0.2, 0) is 25.6 Å². The van der Waals surface area contributed by atoms with E-state index in [0.717, 1.165) is 16.8 Å². The van der Waals surface area contributed by atoms with Gasteiger partial charge in [-0.1, -0.05) is 43.3 Å². The summed E-state index contributed by atoms with van der Waals surface area (Å²) in [6.07, 6.45) is 1.70. The molecule has 50 heavy (non-hydrogen) atoms. The molecule has 0 saturated heterocycles. The lowest BCUT2D eigenvalue weighted by Crippen LogP contribution is -2.45. The van der Waals surface area contributed by atoms with Gasteiger partial charge in [0.05, 0.1) is 32.2 Å². The maximum absolute atomic E-state index is 15.1. The first-order valence-corrected chi connectivity index (χ1v) is 16.4. The van der Waals surface area contributed by atoms with Crippen LogP contribution in [0.4, 0.5) is 0 Å². The molecule has 0 fully saturated rings. The van der Waals surface area contributed by atoms with Gasteiger partial charge in [0.15, 0.2) is 0 Å². The fourth-order valence-corrected chi connectivity index (χ4v) is 6.25. The Balaban J connectivity index is 1.87. The number of benzene rings is 3. The number of amides is 2. The number of hydrogen-bond acceptors (Lipinski definition) is 8. The maximum atomic E-state index is 15.1. The summed E-state index contributed by atoms with van der Waals surface area (Å²) in [5.74, 6) is -3.54. The van der Waals surface area contributed by atoms with Crippen LogP contribution in [0.5, 0.6) is 5.75 Å². The number of ether oxygens (including phenoxy) is 3. The number of rotatable bonds is 12. The number of nitrogens with zero attached hydrogens (tertiary/aromatic N) is 2. The lowest BCUT2D eigenvalue weighted by molar-refractivity contribution is -0.166. The van der Waals surface area contributed by atoms with E-state index < -0.39 is 47.2 Å². The quantitative estimate of drug-likeness (QED) is 0.128. The van der Waals surface area contributed by atoms with Crippen LogP contribution in [0, 0.1) is 19.8 Å². The van der Waals surface area contributed by atoms with E-state index in [0.29, 0.717) is 33.8 Å². The third-order valence-electron chi connectivity index (χ3n) is 8.61. The second kappa shape index (κ2) is 15.4. The summed E-state index contributed by atoms with van der Waals surface area (Å²) in [6.45, 7) is 12.5. The van der Waals surface area contributed by atoms with Crippen molar-refractivity contribution in [3.05, 3.63) is 106 Å². The van der Waals surface area contributed by atoms with Crippen molar-refractivity contribution in [2.45, 2.75) is 72.6 Å². The van der Waals surface area contributed by atoms with Gasteiger partial charge >= 0.3 is 11.9 Å². The van der Waals surface area contributed by atoms with Gasteiger partial charge in [-0.25, -0.2) is 9.78 Å². The van der Waals surface area contributed by atoms with Gasteiger partial charge in [-0.3, -0.25) is 14.4 Å². The number of nitrogens with one attached hydrogen (secondary N) is 1.